The summed E-state index contributed by atoms with van der Waals surface area (Å²) in [4.78, 5) is 5.55. The first-order chi connectivity index (χ1) is 6.18. The first-order valence-corrected chi connectivity index (χ1v) is 4.72. The molecule has 2 atom stereocenters. The van der Waals surface area contributed by atoms with Crippen molar-refractivity contribution in [1.82, 2.24) is 5.06 Å². The maximum Gasteiger partial charge on any atom is 0.180 e. The quantitative estimate of drug-likeness (QED) is 0.562. The largest absolute Gasteiger partial charge is 0.269 e. The van der Waals surface area contributed by atoms with Crippen LogP contribution in [-0.2, 0) is 11.3 Å². The van der Waals surface area contributed by atoms with Crippen molar-refractivity contribution in [2.45, 2.75) is 32.0 Å². The molecule has 0 aromatic heterocycles. The fraction of sp³-hybridized carbons (Fsp3) is 0.455. The molecule has 0 spiro atoms. The van der Waals surface area contributed by atoms with Crippen molar-refractivity contribution in [1.29, 1.82) is 0 Å². The van der Waals surface area contributed by atoms with Crippen LogP contribution in [-0.4, -0.2) is 10.6 Å². The van der Waals surface area contributed by atoms with Gasteiger partial charge >= 0.3 is 0 Å². The number of fused-ring (bicyclic) bond motifs is 3. The summed E-state index contributed by atoms with van der Waals surface area (Å²) in [7, 11) is 0. The summed E-state index contributed by atoms with van der Waals surface area (Å²) in [6.45, 7) is 4.45. The molecule has 1 fully saturated rings. The van der Waals surface area contributed by atoms with Crippen LogP contribution in [0.1, 0.15) is 31.2 Å². The topological polar surface area (TPSA) is 15.5 Å². The van der Waals surface area contributed by atoms with Gasteiger partial charge in [0.15, 0.2) is 6.23 Å². The van der Waals surface area contributed by atoms with E-state index in [9.17, 15) is 0 Å². The molecule has 13 heavy (non-hydrogen) atoms. The number of nitrogens with zero attached hydrogens (tertiary/aromatic N) is 1. The molecule has 3 rings (SSSR count). The van der Waals surface area contributed by atoms with Crippen molar-refractivity contribution in [3.63, 3.8) is 0 Å². The lowest BCUT2D eigenvalue weighted by molar-refractivity contribution is 0.0873. The van der Waals surface area contributed by atoms with Crippen molar-refractivity contribution in [2.24, 2.45) is 0 Å². The average molecular weight is 175 g/mol. The number of benzene rings is 1. The van der Waals surface area contributed by atoms with E-state index in [1.54, 1.807) is 0 Å². The van der Waals surface area contributed by atoms with E-state index in [2.05, 4.69) is 43.2 Å². The third kappa shape index (κ3) is 0.960. The fourth-order valence-corrected chi connectivity index (χ4v) is 2.20. The second-order valence-corrected chi connectivity index (χ2v) is 4.47. The normalized spacial score (nSPS) is 33.4. The lowest BCUT2D eigenvalue weighted by atomic mass is 9.88. The standard InChI is InChI=1S/C11H13NO/c1-11(2)7-8-5-3-4-6-9(8)10-12(11)13-10/h3-6,10H,7H2,1-2H3. The summed E-state index contributed by atoms with van der Waals surface area (Å²) in [6, 6.07) is 8.55. The van der Waals surface area contributed by atoms with Gasteiger partial charge in [-0.2, -0.15) is 0 Å². The number of hydroxylamine groups is 2. The molecular formula is C11H13NO. The molecular weight excluding hydrogens is 162 g/mol. The molecule has 1 aromatic rings. The van der Waals surface area contributed by atoms with Gasteiger partial charge in [0.25, 0.3) is 0 Å². The Morgan fingerprint density at radius 2 is 2.15 bits per heavy atom. The molecule has 2 aliphatic rings. The highest BCUT2D eigenvalue weighted by Crippen LogP contribution is 2.49. The van der Waals surface area contributed by atoms with Crippen LogP contribution in [0.15, 0.2) is 24.3 Å². The molecule has 2 aliphatic heterocycles. The van der Waals surface area contributed by atoms with Gasteiger partial charge in [-0.15, -0.1) is 5.06 Å². The summed E-state index contributed by atoms with van der Waals surface area (Å²) in [6.07, 6.45) is 1.32. The van der Waals surface area contributed by atoms with Gasteiger partial charge in [-0.05, 0) is 25.8 Å². The molecule has 0 N–H and O–H groups in total. The summed E-state index contributed by atoms with van der Waals surface area (Å²) in [5.74, 6) is 0. The SMILES string of the molecule is CC1(C)Cc2ccccc2C2ON21. The second kappa shape index (κ2) is 2.14. The molecule has 0 amide bonds. The monoisotopic (exact) mass is 175 g/mol. The third-order valence-corrected chi connectivity index (χ3v) is 2.92. The Morgan fingerprint density at radius 3 is 3.00 bits per heavy atom. The van der Waals surface area contributed by atoms with Gasteiger partial charge in [0, 0.05) is 11.1 Å². The van der Waals surface area contributed by atoms with Crippen LogP contribution >= 0.6 is 0 Å². The van der Waals surface area contributed by atoms with E-state index in [0.29, 0.717) is 0 Å². The maximum atomic E-state index is 5.55. The number of hydrogen-bond donors (Lipinski definition) is 0. The van der Waals surface area contributed by atoms with Crippen molar-refractivity contribution in [3.8, 4) is 0 Å². The maximum absolute atomic E-state index is 5.55. The van der Waals surface area contributed by atoms with Crippen molar-refractivity contribution in [2.75, 3.05) is 0 Å². The average Bonchev–Trinajstić information content (AvgIpc) is 2.83. The van der Waals surface area contributed by atoms with E-state index < -0.39 is 0 Å². The summed E-state index contributed by atoms with van der Waals surface area (Å²) < 4.78 is 0. The number of rotatable bonds is 0. The Hall–Kier alpha value is -0.860. The third-order valence-electron chi connectivity index (χ3n) is 2.92. The van der Waals surface area contributed by atoms with Gasteiger partial charge in [0.1, 0.15) is 0 Å². The predicted molar refractivity (Wildman–Crippen MR) is 49.9 cm³/mol. The van der Waals surface area contributed by atoms with Crippen LogP contribution in [0.3, 0.4) is 0 Å². The molecule has 0 aliphatic carbocycles. The zero-order chi connectivity index (χ0) is 9.05. The Kier molecular flexibility index (Phi) is 1.24. The Bertz CT molecular complexity index is 359. The molecule has 68 valence electrons. The smallest absolute Gasteiger partial charge is 0.180 e. The van der Waals surface area contributed by atoms with E-state index in [-0.39, 0.29) is 11.8 Å². The lowest BCUT2D eigenvalue weighted by Crippen LogP contribution is -2.36. The molecule has 0 radical (unpaired) electrons. The van der Waals surface area contributed by atoms with Crippen LogP contribution in [0.5, 0.6) is 0 Å². The van der Waals surface area contributed by atoms with Crippen LogP contribution in [0, 0.1) is 0 Å². The van der Waals surface area contributed by atoms with Crippen molar-refractivity contribution >= 4 is 0 Å². The van der Waals surface area contributed by atoms with Crippen LogP contribution in [0.25, 0.3) is 0 Å². The van der Waals surface area contributed by atoms with Crippen LogP contribution in [0.4, 0.5) is 0 Å². The minimum absolute atomic E-state index is 0.166. The molecule has 2 nitrogen and oxygen atoms in total. The zero-order valence-electron chi connectivity index (χ0n) is 7.95. The molecule has 0 saturated carbocycles. The van der Waals surface area contributed by atoms with Gasteiger partial charge < -0.3 is 0 Å². The van der Waals surface area contributed by atoms with Gasteiger partial charge in [0.2, 0.25) is 0 Å². The highest BCUT2D eigenvalue weighted by atomic mass is 16.8. The first-order valence-electron chi connectivity index (χ1n) is 4.72. The number of hydrogen-bond acceptors (Lipinski definition) is 2. The molecule has 1 aromatic carbocycles. The van der Waals surface area contributed by atoms with Gasteiger partial charge in [-0.25, -0.2) is 0 Å². The van der Waals surface area contributed by atoms with Gasteiger partial charge in [0.05, 0.1) is 0 Å². The van der Waals surface area contributed by atoms with E-state index in [1.807, 2.05) is 0 Å². The molecule has 2 heterocycles. The van der Waals surface area contributed by atoms with Crippen LogP contribution in [0.2, 0.25) is 0 Å². The Labute approximate surface area is 78.1 Å². The van der Waals surface area contributed by atoms with Gasteiger partial charge in [-0.3, -0.25) is 4.84 Å². The summed E-state index contributed by atoms with van der Waals surface area (Å²) in [5, 5.41) is 2.09. The summed E-state index contributed by atoms with van der Waals surface area (Å²) in [5.41, 5.74) is 2.95. The molecule has 1 saturated heterocycles. The van der Waals surface area contributed by atoms with E-state index in [1.165, 1.54) is 11.1 Å². The highest BCUT2D eigenvalue weighted by Gasteiger charge is 2.52. The predicted octanol–water partition coefficient (Wildman–Crippen LogP) is 2.27. The van der Waals surface area contributed by atoms with E-state index >= 15 is 0 Å². The second-order valence-electron chi connectivity index (χ2n) is 4.47. The highest BCUT2D eigenvalue weighted by molar-refractivity contribution is 5.34. The van der Waals surface area contributed by atoms with Crippen molar-refractivity contribution in [3.05, 3.63) is 35.4 Å². The zero-order valence-corrected chi connectivity index (χ0v) is 7.95. The molecule has 2 unspecified atom stereocenters. The minimum atomic E-state index is 0.166. The lowest BCUT2D eigenvalue weighted by Gasteiger charge is -2.28. The van der Waals surface area contributed by atoms with E-state index in [4.69, 9.17) is 4.84 Å². The van der Waals surface area contributed by atoms with E-state index in [0.717, 1.165) is 6.42 Å². The Balaban J connectivity index is 2.11. The molecule has 2 heteroatoms. The van der Waals surface area contributed by atoms with Gasteiger partial charge in [-0.1, -0.05) is 24.3 Å². The molecule has 0 bridgehead atoms. The van der Waals surface area contributed by atoms with Crippen molar-refractivity contribution < 1.29 is 4.84 Å². The summed E-state index contributed by atoms with van der Waals surface area (Å²) >= 11 is 0. The van der Waals surface area contributed by atoms with Crippen LogP contribution < -0.4 is 0 Å². The fourth-order valence-electron chi connectivity index (χ4n) is 2.20. The first kappa shape index (κ1) is 7.54. The minimum Gasteiger partial charge on any atom is -0.269 e. The Morgan fingerprint density at radius 1 is 1.38 bits per heavy atom.